The van der Waals surface area contributed by atoms with Gasteiger partial charge in [0.25, 0.3) is 5.91 Å². The fraction of sp³-hybridized carbons (Fsp3) is 0.391. The highest BCUT2D eigenvalue weighted by molar-refractivity contribution is 5.94. The molecule has 4 nitrogen and oxygen atoms in total. The predicted molar refractivity (Wildman–Crippen MR) is 111 cm³/mol. The van der Waals surface area contributed by atoms with Crippen LogP contribution in [0.25, 0.3) is 11.0 Å². The van der Waals surface area contributed by atoms with Gasteiger partial charge in [0.1, 0.15) is 11.6 Å². The minimum Gasteiger partial charge on any atom is -0.331 e. The minimum absolute atomic E-state index is 0.134. The number of benzene rings is 2. The lowest BCUT2D eigenvalue weighted by Crippen LogP contribution is -2.33. The topological polar surface area (TPSA) is 38.1 Å². The molecule has 0 saturated heterocycles. The molecule has 0 N–H and O–H groups in total. The van der Waals surface area contributed by atoms with Crippen LogP contribution in [-0.2, 0) is 13.1 Å². The molecule has 0 aliphatic carbocycles. The summed E-state index contributed by atoms with van der Waals surface area (Å²) in [5.74, 6) is -2.54. The highest BCUT2D eigenvalue weighted by Crippen LogP contribution is 2.21. The number of aryl methyl sites for hydroxylation is 1. The first-order valence-electron chi connectivity index (χ1n) is 10.3. The molecule has 3 rings (SSSR count). The highest BCUT2D eigenvalue weighted by atomic mass is 19.2. The van der Waals surface area contributed by atoms with E-state index in [0.717, 1.165) is 31.7 Å². The zero-order valence-corrected chi connectivity index (χ0v) is 17.3. The molecule has 1 heterocycles. The van der Waals surface area contributed by atoms with Crippen LogP contribution in [0.2, 0.25) is 0 Å². The van der Waals surface area contributed by atoms with Crippen molar-refractivity contribution >= 4 is 16.9 Å². The number of carbonyl (C=O) groups excluding carboxylic acids is 1. The van der Waals surface area contributed by atoms with Crippen molar-refractivity contribution in [3.05, 3.63) is 65.2 Å². The number of carbonyl (C=O) groups is 1. The van der Waals surface area contributed by atoms with Crippen molar-refractivity contribution in [3.63, 3.8) is 0 Å². The van der Waals surface area contributed by atoms with Gasteiger partial charge in [0, 0.05) is 13.1 Å². The number of nitrogens with zero attached hydrogens (tertiary/aromatic N) is 3. The van der Waals surface area contributed by atoms with E-state index in [0.29, 0.717) is 29.9 Å². The average Bonchev–Trinajstić information content (AvgIpc) is 3.06. The number of fused-ring (bicyclic) bond motifs is 1. The summed E-state index contributed by atoms with van der Waals surface area (Å²) in [7, 11) is 0. The van der Waals surface area contributed by atoms with E-state index in [1.165, 1.54) is 29.2 Å². The number of amides is 1. The fourth-order valence-corrected chi connectivity index (χ4v) is 3.55. The van der Waals surface area contributed by atoms with E-state index in [2.05, 4.69) is 4.98 Å². The van der Waals surface area contributed by atoms with Gasteiger partial charge in [-0.15, -0.1) is 0 Å². The third-order valence-corrected chi connectivity index (χ3v) is 5.07. The summed E-state index contributed by atoms with van der Waals surface area (Å²) < 4.78 is 43.6. The second kappa shape index (κ2) is 9.78. The number of hydrogen-bond acceptors (Lipinski definition) is 2. The summed E-state index contributed by atoms with van der Waals surface area (Å²) in [4.78, 5) is 19.2. The van der Waals surface area contributed by atoms with Crippen molar-refractivity contribution in [2.75, 3.05) is 6.54 Å². The first kappa shape index (κ1) is 21.9. The molecular formula is C23H26F3N3O. The molecule has 160 valence electrons. The molecule has 0 aliphatic heterocycles. The van der Waals surface area contributed by atoms with E-state index < -0.39 is 17.5 Å². The van der Waals surface area contributed by atoms with Crippen LogP contribution >= 0.6 is 0 Å². The number of aromatic nitrogens is 2. The summed E-state index contributed by atoms with van der Waals surface area (Å²) in [5.41, 5.74) is 0.998. The molecule has 0 saturated carbocycles. The van der Waals surface area contributed by atoms with E-state index in [9.17, 15) is 18.0 Å². The Morgan fingerprint density at radius 1 is 1.07 bits per heavy atom. The second-order valence-corrected chi connectivity index (χ2v) is 7.35. The molecule has 30 heavy (non-hydrogen) atoms. The summed E-state index contributed by atoms with van der Waals surface area (Å²) in [6.07, 6.45) is 3.41. The molecule has 0 fully saturated rings. The molecule has 0 atom stereocenters. The van der Waals surface area contributed by atoms with Gasteiger partial charge in [0.05, 0.1) is 23.1 Å². The van der Waals surface area contributed by atoms with Gasteiger partial charge in [-0.1, -0.05) is 32.8 Å². The summed E-state index contributed by atoms with van der Waals surface area (Å²) in [6, 6.07) is 7.99. The monoisotopic (exact) mass is 417 g/mol. The Hall–Kier alpha value is -2.83. The smallest absolute Gasteiger partial charge is 0.257 e. The van der Waals surface area contributed by atoms with E-state index in [4.69, 9.17) is 0 Å². The Morgan fingerprint density at radius 2 is 1.87 bits per heavy atom. The predicted octanol–water partition coefficient (Wildman–Crippen LogP) is 5.70. The first-order chi connectivity index (χ1) is 14.5. The molecule has 1 aromatic heterocycles. The van der Waals surface area contributed by atoms with Crippen LogP contribution in [0.1, 0.15) is 55.7 Å². The van der Waals surface area contributed by atoms with Crippen LogP contribution in [0.4, 0.5) is 13.2 Å². The zero-order valence-electron chi connectivity index (χ0n) is 17.3. The number of hydrogen-bond donors (Lipinski definition) is 0. The third kappa shape index (κ3) is 4.66. The van der Waals surface area contributed by atoms with Crippen molar-refractivity contribution in [1.29, 1.82) is 0 Å². The SMILES string of the molecule is CCCCCN(Cc1nc2ccc(F)cc2n1CCC)C(=O)c1cccc(F)c1F. The van der Waals surface area contributed by atoms with Crippen molar-refractivity contribution in [1.82, 2.24) is 14.5 Å². The van der Waals surface area contributed by atoms with Gasteiger partial charge in [-0.3, -0.25) is 4.79 Å². The fourth-order valence-electron chi connectivity index (χ4n) is 3.55. The number of halogens is 3. The van der Waals surface area contributed by atoms with Gasteiger partial charge < -0.3 is 9.47 Å². The van der Waals surface area contributed by atoms with Gasteiger partial charge in [0.15, 0.2) is 11.6 Å². The molecule has 3 aromatic rings. The number of unbranched alkanes of at least 4 members (excludes halogenated alkanes) is 2. The largest absolute Gasteiger partial charge is 0.331 e. The Morgan fingerprint density at radius 3 is 2.60 bits per heavy atom. The Kier molecular flexibility index (Phi) is 7.13. The van der Waals surface area contributed by atoms with Crippen molar-refractivity contribution in [2.24, 2.45) is 0 Å². The summed E-state index contributed by atoms with van der Waals surface area (Å²) in [6.45, 7) is 5.19. The molecule has 0 aliphatic rings. The van der Waals surface area contributed by atoms with Crippen LogP contribution in [0.3, 0.4) is 0 Å². The van der Waals surface area contributed by atoms with Crippen molar-refractivity contribution in [3.8, 4) is 0 Å². The van der Waals surface area contributed by atoms with E-state index in [1.807, 2.05) is 18.4 Å². The van der Waals surface area contributed by atoms with Crippen molar-refractivity contribution in [2.45, 2.75) is 52.6 Å². The van der Waals surface area contributed by atoms with Gasteiger partial charge in [0.2, 0.25) is 0 Å². The van der Waals surface area contributed by atoms with Gasteiger partial charge in [-0.05, 0) is 43.2 Å². The second-order valence-electron chi connectivity index (χ2n) is 7.35. The van der Waals surface area contributed by atoms with E-state index >= 15 is 0 Å². The molecule has 0 bridgehead atoms. The lowest BCUT2D eigenvalue weighted by Gasteiger charge is -2.23. The standard InChI is InChI=1S/C23H26F3N3O/c1-3-5-6-13-28(23(30)17-8-7-9-18(25)22(17)26)15-21-27-19-11-10-16(24)14-20(19)29(21)12-4-2/h7-11,14H,3-6,12-13,15H2,1-2H3. The molecule has 7 heteroatoms. The summed E-state index contributed by atoms with van der Waals surface area (Å²) >= 11 is 0. The van der Waals surface area contributed by atoms with Gasteiger partial charge in [-0.2, -0.15) is 0 Å². The zero-order chi connectivity index (χ0) is 21.7. The molecule has 0 spiro atoms. The van der Waals surface area contributed by atoms with Crippen LogP contribution in [0.5, 0.6) is 0 Å². The number of rotatable bonds is 9. The molecule has 1 amide bonds. The van der Waals surface area contributed by atoms with E-state index in [1.54, 1.807) is 6.07 Å². The molecule has 0 radical (unpaired) electrons. The maximum atomic E-state index is 14.3. The Balaban J connectivity index is 1.98. The molecular weight excluding hydrogens is 391 g/mol. The average molecular weight is 417 g/mol. The number of imidazole rings is 1. The third-order valence-electron chi connectivity index (χ3n) is 5.07. The Bertz CT molecular complexity index is 1030. The normalized spacial score (nSPS) is 11.2. The Labute approximate surface area is 174 Å². The molecule has 2 aromatic carbocycles. The van der Waals surface area contributed by atoms with E-state index in [-0.39, 0.29) is 17.9 Å². The lowest BCUT2D eigenvalue weighted by atomic mass is 10.1. The maximum absolute atomic E-state index is 14.3. The van der Waals surface area contributed by atoms with Crippen LogP contribution in [0.15, 0.2) is 36.4 Å². The van der Waals surface area contributed by atoms with Crippen molar-refractivity contribution < 1.29 is 18.0 Å². The first-order valence-corrected chi connectivity index (χ1v) is 10.3. The van der Waals surface area contributed by atoms with Gasteiger partial charge >= 0.3 is 0 Å². The van der Waals surface area contributed by atoms with Crippen LogP contribution in [-0.4, -0.2) is 26.9 Å². The quantitative estimate of drug-likeness (QED) is 0.419. The lowest BCUT2D eigenvalue weighted by molar-refractivity contribution is 0.0728. The van der Waals surface area contributed by atoms with Crippen LogP contribution < -0.4 is 0 Å². The highest BCUT2D eigenvalue weighted by Gasteiger charge is 2.23. The van der Waals surface area contributed by atoms with Crippen LogP contribution in [0, 0.1) is 17.5 Å². The maximum Gasteiger partial charge on any atom is 0.257 e. The van der Waals surface area contributed by atoms with Gasteiger partial charge in [-0.25, -0.2) is 18.2 Å². The molecule has 0 unspecified atom stereocenters. The summed E-state index contributed by atoms with van der Waals surface area (Å²) in [5, 5.41) is 0. The minimum atomic E-state index is -1.15.